The topological polar surface area (TPSA) is 79.7 Å². The molecule has 2 unspecified atom stereocenters. The average Bonchev–Trinajstić information content (AvgIpc) is 3.32. The maximum atomic E-state index is 12.9. The molecule has 2 atom stereocenters. The van der Waals surface area contributed by atoms with Gasteiger partial charge in [-0.3, -0.25) is 14.6 Å². The van der Waals surface area contributed by atoms with E-state index >= 15 is 0 Å². The lowest BCUT2D eigenvalue weighted by Crippen LogP contribution is -2.36. The van der Waals surface area contributed by atoms with Crippen LogP contribution in [0.15, 0.2) is 48.3 Å². The van der Waals surface area contributed by atoms with Gasteiger partial charge >= 0.3 is 0 Å². The summed E-state index contributed by atoms with van der Waals surface area (Å²) in [5.41, 5.74) is 0.939. The van der Waals surface area contributed by atoms with Crippen molar-refractivity contribution in [2.75, 3.05) is 13.2 Å². The zero-order chi connectivity index (χ0) is 20.5. The molecule has 0 aliphatic carbocycles. The zero-order valence-corrected chi connectivity index (χ0v) is 16.9. The van der Waals surface area contributed by atoms with Crippen LogP contribution in [0.1, 0.15) is 30.0 Å². The fourth-order valence-electron chi connectivity index (χ4n) is 3.76. The summed E-state index contributed by atoms with van der Waals surface area (Å²) in [6, 6.07) is 7.28. The van der Waals surface area contributed by atoms with Crippen LogP contribution in [0.25, 0.3) is 5.76 Å². The molecule has 29 heavy (non-hydrogen) atoms. The van der Waals surface area contributed by atoms with Crippen LogP contribution >= 0.6 is 23.2 Å². The van der Waals surface area contributed by atoms with E-state index < -0.39 is 17.7 Å². The van der Waals surface area contributed by atoms with Gasteiger partial charge < -0.3 is 14.7 Å². The van der Waals surface area contributed by atoms with Crippen LogP contribution in [0.4, 0.5) is 0 Å². The number of amides is 1. The second-order valence-electron chi connectivity index (χ2n) is 7.00. The Bertz CT molecular complexity index is 987. The number of carbonyl (C=O) groups excluding carboxylic acids is 2. The Kier molecular flexibility index (Phi) is 5.58. The predicted molar refractivity (Wildman–Crippen MR) is 109 cm³/mol. The molecule has 6 nitrogen and oxygen atoms in total. The summed E-state index contributed by atoms with van der Waals surface area (Å²) in [6.07, 6.45) is 4.78. The van der Waals surface area contributed by atoms with Crippen molar-refractivity contribution >= 4 is 40.7 Å². The smallest absolute Gasteiger partial charge is 0.295 e. The van der Waals surface area contributed by atoms with Gasteiger partial charge in [-0.2, -0.15) is 0 Å². The van der Waals surface area contributed by atoms with E-state index in [0.717, 1.165) is 12.8 Å². The van der Waals surface area contributed by atoms with Gasteiger partial charge in [0.15, 0.2) is 0 Å². The number of pyridine rings is 1. The standard InChI is InChI=1S/C21H18Cl2N2O4/c22-15-6-5-12(9-16(15)23)19(26)17-18(13-3-1-7-24-10-13)25(21(28)20(17)27)11-14-4-2-8-29-14/h1,3,5-7,9-10,14,18,26H,2,4,8,11H2/b19-17-. The molecule has 4 rings (SSSR count). The molecule has 0 spiro atoms. The lowest BCUT2D eigenvalue weighted by atomic mass is 9.96. The normalized spacial score (nSPS) is 23.7. The molecule has 2 aromatic rings. The van der Waals surface area contributed by atoms with E-state index in [0.29, 0.717) is 22.8 Å². The number of aliphatic hydroxyl groups excluding tert-OH is 1. The summed E-state index contributed by atoms with van der Waals surface area (Å²) in [4.78, 5) is 31.3. The van der Waals surface area contributed by atoms with Gasteiger partial charge in [-0.15, -0.1) is 0 Å². The summed E-state index contributed by atoms with van der Waals surface area (Å²) >= 11 is 12.0. The van der Waals surface area contributed by atoms with Crippen LogP contribution in [-0.4, -0.2) is 45.9 Å². The molecule has 2 aliphatic heterocycles. The van der Waals surface area contributed by atoms with Crippen molar-refractivity contribution in [3.8, 4) is 0 Å². The lowest BCUT2D eigenvalue weighted by Gasteiger charge is -2.27. The van der Waals surface area contributed by atoms with E-state index in [1.165, 1.54) is 17.0 Å². The van der Waals surface area contributed by atoms with Crippen molar-refractivity contribution in [1.29, 1.82) is 0 Å². The Labute approximate surface area is 177 Å². The van der Waals surface area contributed by atoms with Crippen molar-refractivity contribution in [2.45, 2.75) is 25.0 Å². The maximum Gasteiger partial charge on any atom is 0.295 e. The maximum absolute atomic E-state index is 12.9. The molecule has 2 saturated heterocycles. The first-order valence-corrected chi connectivity index (χ1v) is 9.98. The van der Waals surface area contributed by atoms with Crippen LogP contribution < -0.4 is 0 Å². The molecule has 0 radical (unpaired) electrons. The number of likely N-dealkylation sites (tertiary alicyclic amines) is 1. The van der Waals surface area contributed by atoms with Crippen molar-refractivity contribution in [1.82, 2.24) is 9.88 Å². The lowest BCUT2D eigenvalue weighted by molar-refractivity contribution is -0.140. The largest absolute Gasteiger partial charge is 0.507 e. The van der Waals surface area contributed by atoms with Gasteiger partial charge in [0.1, 0.15) is 5.76 Å². The fourth-order valence-corrected chi connectivity index (χ4v) is 4.06. The molecule has 2 aliphatic rings. The summed E-state index contributed by atoms with van der Waals surface area (Å²) < 4.78 is 5.66. The van der Waals surface area contributed by atoms with Crippen molar-refractivity contribution in [3.05, 3.63) is 69.5 Å². The number of hydrogen-bond donors (Lipinski definition) is 1. The molecular formula is C21H18Cl2N2O4. The zero-order valence-electron chi connectivity index (χ0n) is 15.3. The number of ketones is 1. The average molecular weight is 433 g/mol. The second kappa shape index (κ2) is 8.14. The van der Waals surface area contributed by atoms with Crippen LogP contribution in [0.3, 0.4) is 0 Å². The highest BCUT2D eigenvalue weighted by Gasteiger charge is 2.47. The van der Waals surface area contributed by atoms with E-state index in [9.17, 15) is 14.7 Å². The predicted octanol–water partition coefficient (Wildman–Crippen LogP) is 3.99. The molecule has 1 aromatic heterocycles. The highest BCUT2D eigenvalue weighted by Crippen LogP contribution is 2.40. The minimum absolute atomic E-state index is 0.000568. The first kappa shape index (κ1) is 19.9. The van der Waals surface area contributed by atoms with Crippen molar-refractivity contribution in [2.24, 2.45) is 0 Å². The van der Waals surface area contributed by atoms with Gasteiger partial charge in [0.25, 0.3) is 11.7 Å². The van der Waals surface area contributed by atoms with Crippen LogP contribution in [0, 0.1) is 0 Å². The number of carbonyl (C=O) groups is 2. The molecule has 0 saturated carbocycles. The van der Waals surface area contributed by atoms with Gasteiger partial charge in [-0.25, -0.2) is 0 Å². The SMILES string of the molecule is O=C1C(=O)N(CC2CCCO2)C(c2cccnc2)/C1=C(/O)c1ccc(Cl)c(Cl)c1. The van der Waals surface area contributed by atoms with Crippen molar-refractivity contribution < 1.29 is 19.4 Å². The van der Waals surface area contributed by atoms with Crippen LogP contribution in [0.5, 0.6) is 0 Å². The molecule has 1 aromatic carbocycles. The molecule has 3 heterocycles. The monoisotopic (exact) mass is 432 g/mol. The van der Waals surface area contributed by atoms with Gasteiger partial charge in [0, 0.05) is 31.1 Å². The Morgan fingerprint density at radius 1 is 1.24 bits per heavy atom. The summed E-state index contributed by atoms with van der Waals surface area (Å²) in [5.74, 6) is -1.72. The molecular weight excluding hydrogens is 415 g/mol. The van der Waals surface area contributed by atoms with Crippen molar-refractivity contribution in [3.63, 3.8) is 0 Å². The number of halogens is 2. The van der Waals surface area contributed by atoms with E-state index in [1.807, 2.05) is 0 Å². The Morgan fingerprint density at radius 2 is 2.07 bits per heavy atom. The third-order valence-electron chi connectivity index (χ3n) is 5.16. The van der Waals surface area contributed by atoms with E-state index in [1.54, 1.807) is 30.6 Å². The number of Topliss-reactive ketones (excluding diaryl/α,β-unsaturated/α-hetero) is 1. The number of aliphatic hydroxyl groups is 1. The first-order valence-electron chi connectivity index (χ1n) is 9.22. The van der Waals surface area contributed by atoms with Crippen LogP contribution in [0.2, 0.25) is 10.0 Å². The summed E-state index contributed by atoms with van der Waals surface area (Å²) in [6.45, 7) is 0.901. The number of ether oxygens (including phenoxy) is 1. The number of aromatic nitrogens is 1. The highest BCUT2D eigenvalue weighted by atomic mass is 35.5. The number of rotatable bonds is 4. The first-order chi connectivity index (χ1) is 14.0. The van der Waals surface area contributed by atoms with E-state index in [4.69, 9.17) is 27.9 Å². The molecule has 1 amide bonds. The van der Waals surface area contributed by atoms with Gasteiger partial charge in [0.2, 0.25) is 0 Å². The molecule has 150 valence electrons. The van der Waals surface area contributed by atoms with Gasteiger partial charge in [-0.05, 0) is 42.7 Å². The summed E-state index contributed by atoms with van der Waals surface area (Å²) in [7, 11) is 0. The minimum Gasteiger partial charge on any atom is -0.507 e. The second-order valence-corrected chi connectivity index (χ2v) is 7.82. The highest BCUT2D eigenvalue weighted by molar-refractivity contribution is 6.46. The number of hydrogen-bond acceptors (Lipinski definition) is 5. The molecule has 8 heteroatoms. The van der Waals surface area contributed by atoms with E-state index in [-0.39, 0.29) is 29.0 Å². The number of nitrogens with zero attached hydrogens (tertiary/aromatic N) is 2. The van der Waals surface area contributed by atoms with Crippen LogP contribution in [-0.2, 0) is 14.3 Å². The molecule has 2 fully saturated rings. The van der Waals surface area contributed by atoms with Gasteiger partial charge in [-0.1, -0.05) is 29.3 Å². The van der Waals surface area contributed by atoms with E-state index in [2.05, 4.69) is 4.98 Å². The molecule has 1 N–H and O–H groups in total. The minimum atomic E-state index is -0.762. The fraction of sp³-hybridized carbons (Fsp3) is 0.286. The Hall–Kier alpha value is -2.41. The third-order valence-corrected chi connectivity index (χ3v) is 5.90. The third kappa shape index (κ3) is 3.75. The quantitative estimate of drug-likeness (QED) is 0.448. The Morgan fingerprint density at radius 3 is 2.72 bits per heavy atom. The molecule has 0 bridgehead atoms. The van der Waals surface area contributed by atoms with Gasteiger partial charge in [0.05, 0.1) is 27.8 Å². The Balaban J connectivity index is 1.82. The summed E-state index contributed by atoms with van der Waals surface area (Å²) in [5, 5.41) is 11.5. The number of benzene rings is 1.